The predicted octanol–water partition coefficient (Wildman–Crippen LogP) is 3.38. The highest BCUT2D eigenvalue weighted by Crippen LogP contribution is 2.16. The van der Waals surface area contributed by atoms with Crippen LogP contribution in [-0.4, -0.2) is 11.9 Å². The first kappa shape index (κ1) is 17.6. The van der Waals surface area contributed by atoms with Gasteiger partial charge in [-0.25, -0.2) is 8.78 Å². The Morgan fingerprint density at radius 2 is 1.78 bits per heavy atom. The number of nitrogens with one attached hydrogen (secondary N) is 1. The molecule has 3 N–H and O–H groups in total. The van der Waals surface area contributed by atoms with E-state index in [-0.39, 0.29) is 11.9 Å². The third-order valence-corrected chi connectivity index (χ3v) is 4.08. The minimum absolute atomic E-state index is 0.179. The van der Waals surface area contributed by atoms with E-state index in [2.05, 4.69) is 21.2 Å². The van der Waals surface area contributed by atoms with Crippen molar-refractivity contribution in [1.82, 2.24) is 0 Å². The van der Waals surface area contributed by atoms with E-state index in [4.69, 9.17) is 0 Å². The van der Waals surface area contributed by atoms with E-state index < -0.39 is 17.7 Å². The number of quaternary nitrogens is 1. The lowest BCUT2D eigenvalue weighted by Crippen LogP contribution is -2.91. The lowest BCUT2D eigenvalue weighted by atomic mass is 10.1. The first-order valence-electron chi connectivity index (χ1n) is 7.23. The minimum atomic E-state index is -0.612. The number of hydrogen-bond acceptors (Lipinski definition) is 1. The number of amides is 1. The van der Waals surface area contributed by atoms with Gasteiger partial charge in [-0.3, -0.25) is 4.79 Å². The highest BCUT2D eigenvalue weighted by atomic mass is 79.9. The molecule has 0 fully saturated rings. The van der Waals surface area contributed by atoms with Crippen LogP contribution < -0.4 is 10.6 Å². The third-order valence-electron chi connectivity index (χ3n) is 3.56. The number of carbonyl (C=O) groups excluding carboxylic acids is 1. The van der Waals surface area contributed by atoms with Crippen LogP contribution in [0.4, 0.5) is 14.5 Å². The topological polar surface area (TPSA) is 45.7 Å². The van der Waals surface area contributed by atoms with Crippen LogP contribution in [0.5, 0.6) is 0 Å². The van der Waals surface area contributed by atoms with Gasteiger partial charge >= 0.3 is 0 Å². The van der Waals surface area contributed by atoms with Gasteiger partial charge in [0.05, 0.1) is 0 Å². The fourth-order valence-electron chi connectivity index (χ4n) is 2.28. The summed E-state index contributed by atoms with van der Waals surface area (Å²) in [5.74, 6) is -1.39. The van der Waals surface area contributed by atoms with Gasteiger partial charge in [0.15, 0.2) is 6.04 Å². The molecule has 23 heavy (non-hydrogen) atoms. The first-order chi connectivity index (χ1) is 10.9. The third kappa shape index (κ3) is 4.84. The molecule has 1 amide bonds. The Morgan fingerprint density at radius 3 is 2.39 bits per heavy atom. The fourth-order valence-corrected chi connectivity index (χ4v) is 2.55. The summed E-state index contributed by atoms with van der Waals surface area (Å²) in [5, 5.41) is 4.55. The fraction of sp³-hybridized carbons (Fsp3) is 0.235. The van der Waals surface area contributed by atoms with Gasteiger partial charge in [0.25, 0.3) is 5.91 Å². The monoisotopic (exact) mass is 383 g/mol. The maximum Gasteiger partial charge on any atom is 0.282 e. The van der Waals surface area contributed by atoms with Gasteiger partial charge in [0, 0.05) is 21.8 Å². The molecule has 2 atom stereocenters. The van der Waals surface area contributed by atoms with Crippen LogP contribution in [0.2, 0.25) is 0 Å². The van der Waals surface area contributed by atoms with Crippen molar-refractivity contribution in [2.24, 2.45) is 0 Å². The quantitative estimate of drug-likeness (QED) is 0.816. The second kappa shape index (κ2) is 7.66. The van der Waals surface area contributed by atoms with Crippen molar-refractivity contribution in [2.45, 2.75) is 25.9 Å². The average Bonchev–Trinajstić information content (AvgIpc) is 2.49. The molecule has 0 radical (unpaired) electrons. The highest BCUT2D eigenvalue weighted by Gasteiger charge is 2.22. The summed E-state index contributed by atoms with van der Waals surface area (Å²) in [6, 6.07) is 10.0. The number of benzene rings is 2. The van der Waals surface area contributed by atoms with Crippen molar-refractivity contribution in [3.63, 3.8) is 0 Å². The summed E-state index contributed by atoms with van der Waals surface area (Å²) in [4.78, 5) is 12.2. The predicted molar refractivity (Wildman–Crippen MR) is 88.9 cm³/mol. The molecule has 0 saturated carbocycles. The van der Waals surface area contributed by atoms with Crippen LogP contribution in [0, 0.1) is 11.6 Å². The molecule has 2 aromatic carbocycles. The molecule has 0 aliphatic carbocycles. The summed E-state index contributed by atoms with van der Waals surface area (Å²) in [6.07, 6.45) is 0. The van der Waals surface area contributed by atoms with Crippen molar-refractivity contribution in [3.05, 3.63) is 64.1 Å². The molecule has 0 aromatic heterocycles. The summed E-state index contributed by atoms with van der Waals surface area (Å²) in [6.45, 7) is 3.52. The molecule has 2 rings (SSSR count). The molecule has 3 nitrogen and oxygen atoms in total. The zero-order valence-corrected chi connectivity index (χ0v) is 14.4. The standard InChI is InChI=1S/C17H17BrF2N2O/c1-10(15-8-5-13(19)9-16(15)20)21-11(2)17(23)22-14-6-3-12(18)4-7-14/h3-11,21H,1-2H3,(H,22,23)/p+1/t10-,11-/m0/s1. The molecule has 0 heterocycles. The lowest BCUT2D eigenvalue weighted by Gasteiger charge is -2.17. The number of halogens is 3. The van der Waals surface area contributed by atoms with E-state index in [0.29, 0.717) is 11.3 Å². The lowest BCUT2D eigenvalue weighted by molar-refractivity contribution is -0.710. The van der Waals surface area contributed by atoms with Gasteiger partial charge in [-0.05, 0) is 50.2 Å². The largest absolute Gasteiger partial charge is 0.330 e. The van der Waals surface area contributed by atoms with Crippen molar-refractivity contribution < 1.29 is 18.9 Å². The van der Waals surface area contributed by atoms with Crippen LogP contribution in [-0.2, 0) is 4.79 Å². The number of rotatable bonds is 5. The smallest absolute Gasteiger partial charge is 0.282 e. The second-order valence-corrected chi connectivity index (χ2v) is 6.35. The van der Waals surface area contributed by atoms with Crippen LogP contribution in [0.3, 0.4) is 0 Å². The molecular weight excluding hydrogens is 366 g/mol. The molecule has 0 spiro atoms. The average molecular weight is 384 g/mol. The van der Waals surface area contributed by atoms with Crippen LogP contribution in [0.25, 0.3) is 0 Å². The summed E-state index contributed by atoms with van der Waals surface area (Å²) < 4.78 is 27.7. The maximum absolute atomic E-state index is 13.8. The molecule has 0 saturated heterocycles. The van der Waals surface area contributed by atoms with E-state index in [0.717, 1.165) is 10.5 Å². The minimum Gasteiger partial charge on any atom is -0.330 e. The normalized spacial score (nSPS) is 13.4. The number of anilines is 1. The zero-order valence-electron chi connectivity index (χ0n) is 12.8. The Morgan fingerprint density at radius 1 is 1.13 bits per heavy atom. The first-order valence-corrected chi connectivity index (χ1v) is 8.02. The van der Waals surface area contributed by atoms with Crippen LogP contribution in [0.15, 0.2) is 46.9 Å². The molecule has 2 aromatic rings. The summed E-state index contributed by atoms with van der Waals surface area (Å²) >= 11 is 3.33. The number of carbonyl (C=O) groups is 1. The number of nitrogens with two attached hydrogens (primary N) is 1. The highest BCUT2D eigenvalue weighted by molar-refractivity contribution is 9.10. The van der Waals surface area contributed by atoms with E-state index in [1.165, 1.54) is 12.1 Å². The van der Waals surface area contributed by atoms with Gasteiger partial charge in [-0.2, -0.15) is 0 Å². The Labute approximate surface area is 142 Å². The van der Waals surface area contributed by atoms with E-state index in [9.17, 15) is 13.6 Å². The molecule has 6 heteroatoms. The molecule has 122 valence electrons. The van der Waals surface area contributed by atoms with Gasteiger partial charge < -0.3 is 10.6 Å². The van der Waals surface area contributed by atoms with Gasteiger partial charge in [-0.15, -0.1) is 0 Å². The van der Waals surface area contributed by atoms with Crippen molar-refractivity contribution in [3.8, 4) is 0 Å². The Hall–Kier alpha value is -1.79. The molecule has 0 aliphatic rings. The number of hydrogen-bond donors (Lipinski definition) is 2. The summed E-state index contributed by atoms with van der Waals surface area (Å²) in [5.41, 5.74) is 1.06. The Kier molecular flexibility index (Phi) is 5.85. The second-order valence-electron chi connectivity index (χ2n) is 5.43. The van der Waals surface area contributed by atoms with Gasteiger partial charge in [0.1, 0.15) is 17.7 Å². The summed E-state index contributed by atoms with van der Waals surface area (Å²) in [7, 11) is 0. The van der Waals surface area contributed by atoms with E-state index in [1.54, 1.807) is 31.3 Å². The molecule has 0 unspecified atom stereocenters. The molecule has 0 aliphatic heterocycles. The molecular formula is C17H18BrF2N2O+. The van der Waals surface area contributed by atoms with Crippen molar-refractivity contribution >= 4 is 27.5 Å². The maximum atomic E-state index is 13.8. The van der Waals surface area contributed by atoms with Crippen LogP contribution >= 0.6 is 15.9 Å². The SMILES string of the molecule is C[C@H]([NH2+][C@@H](C)c1ccc(F)cc1F)C(=O)Nc1ccc(Br)cc1. The van der Waals surface area contributed by atoms with Crippen molar-refractivity contribution in [2.75, 3.05) is 5.32 Å². The van der Waals surface area contributed by atoms with E-state index >= 15 is 0 Å². The van der Waals surface area contributed by atoms with Crippen molar-refractivity contribution in [1.29, 1.82) is 0 Å². The van der Waals surface area contributed by atoms with Crippen LogP contribution in [0.1, 0.15) is 25.5 Å². The van der Waals surface area contributed by atoms with Gasteiger partial charge in [0.2, 0.25) is 0 Å². The van der Waals surface area contributed by atoms with E-state index in [1.807, 2.05) is 12.1 Å². The molecule has 0 bridgehead atoms. The Bertz CT molecular complexity index is 691. The Balaban J connectivity index is 1.98. The zero-order chi connectivity index (χ0) is 17.0. The van der Waals surface area contributed by atoms with Gasteiger partial charge in [-0.1, -0.05) is 15.9 Å².